The van der Waals surface area contributed by atoms with Crippen molar-refractivity contribution in [1.82, 2.24) is 9.47 Å². The Labute approximate surface area is 172 Å². The Morgan fingerprint density at radius 3 is 2.28 bits per heavy atom. The van der Waals surface area contributed by atoms with E-state index in [4.69, 9.17) is 0 Å². The topological polar surface area (TPSA) is 82.8 Å². The Kier molecular flexibility index (Phi) is 5.60. The fraction of sp³-hybridized carbons (Fsp3) is 0.273. The molecular weight excluding hydrogens is 388 g/mol. The van der Waals surface area contributed by atoms with Gasteiger partial charge >= 0.3 is 11.9 Å². The molecule has 2 N–H and O–H groups in total. The molecule has 2 aromatic carbocycles. The number of rotatable bonds is 6. The first-order chi connectivity index (χ1) is 14.1. The van der Waals surface area contributed by atoms with Gasteiger partial charge in [0.1, 0.15) is 11.7 Å². The maximum absolute atomic E-state index is 12.4. The van der Waals surface area contributed by atoms with Crippen LogP contribution in [0.15, 0.2) is 54.6 Å². The molecule has 0 radical (unpaired) electrons. The van der Waals surface area contributed by atoms with E-state index in [1.54, 1.807) is 16.3 Å². The molecule has 0 bridgehead atoms. The van der Waals surface area contributed by atoms with E-state index < -0.39 is 18.0 Å². The Bertz CT molecular complexity index is 1040. The highest BCUT2D eigenvalue weighted by Crippen LogP contribution is 2.36. The molecule has 1 unspecified atom stereocenters. The summed E-state index contributed by atoms with van der Waals surface area (Å²) in [7, 11) is 0. The zero-order chi connectivity index (χ0) is 20.4. The maximum atomic E-state index is 12.4. The normalized spacial score (nSPS) is 16.0. The van der Waals surface area contributed by atoms with Crippen LogP contribution in [0.4, 0.5) is 0 Å². The summed E-state index contributed by atoms with van der Waals surface area (Å²) in [6.07, 6.45) is 0. The molecule has 1 fully saturated rings. The van der Waals surface area contributed by atoms with Crippen molar-refractivity contribution >= 4 is 34.6 Å². The number of aromatic nitrogens is 1. The van der Waals surface area contributed by atoms with Crippen molar-refractivity contribution in [2.24, 2.45) is 0 Å². The van der Waals surface area contributed by atoms with E-state index >= 15 is 0 Å². The van der Waals surface area contributed by atoms with Crippen LogP contribution >= 0.6 is 11.8 Å². The van der Waals surface area contributed by atoms with Gasteiger partial charge in [-0.05, 0) is 11.6 Å². The van der Waals surface area contributed by atoms with Gasteiger partial charge in [-0.15, -0.1) is 0 Å². The Morgan fingerprint density at radius 2 is 1.62 bits per heavy atom. The second kappa shape index (κ2) is 8.31. The lowest BCUT2D eigenvalue weighted by Crippen LogP contribution is -2.40. The molecule has 0 amide bonds. The molecule has 1 saturated heterocycles. The Hall–Kier alpha value is -2.77. The molecule has 150 valence electrons. The van der Waals surface area contributed by atoms with Gasteiger partial charge in [0, 0.05) is 47.6 Å². The lowest BCUT2D eigenvalue weighted by molar-refractivity contribution is -0.143. The number of benzene rings is 2. The number of nitrogens with zero attached hydrogens (tertiary/aromatic N) is 2. The molecule has 1 aromatic heterocycles. The van der Waals surface area contributed by atoms with Gasteiger partial charge in [-0.25, -0.2) is 4.79 Å². The molecule has 3 aromatic rings. The number of carboxylic acids is 2. The van der Waals surface area contributed by atoms with Crippen molar-refractivity contribution < 1.29 is 19.8 Å². The summed E-state index contributed by atoms with van der Waals surface area (Å²) in [6, 6.07) is 16.0. The summed E-state index contributed by atoms with van der Waals surface area (Å²) >= 11 is 1.79. The summed E-state index contributed by atoms with van der Waals surface area (Å²) < 4.78 is 1.73. The van der Waals surface area contributed by atoms with Crippen LogP contribution in [0.5, 0.6) is 0 Å². The van der Waals surface area contributed by atoms with Crippen LogP contribution < -0.4 is 0 Å². The third-order valence-electron chi connectivity index (χ3n) is 5.31. The number of hydrogen-bond acceptors (Lipinski definition) is 4. The van der Waals surface area contributed by atoms with Crippen LogP contribution in [0.25, 0.3) is 10.9 Å². The van der Waals surface area contributed by atoms with E-state index in [2.05, 4.69) is 0 Å². The molecule has 6 nitrogen and oxygen atoms in total. The molecule has 2 heterocycles. The van der Waals surface area contributed by atoms with Gasteiger partial charge in [-0.1, -0.05) is 48.5 Å². The average Bonchev–Trinajstić information content (AvgIpc) is 3.04. The van der Waals surface area contributed by atoms with Gasteiger partial charge in [0.15, 0.2) is 0 Å². The maximum Gasteiger partial charge on any atom is 0.352 e. The van der Waals surface area contributed by atoms with Crippen LogP contribution in [0, 0.1) is 0 Å². The smallest absolute Gasteiger partial charge is 0.352 e. The summed E-state index contributed by atoms with van der Waals surface area (Å²) in [5.41, 5.74) is 2.13. The van der Waals surface area contributed by atoms with Crippen molar-refractivity contribution in [2.45, 2.75) is 12.6 Å². The van der Waals surface area contributed by atoms with Crippen molar-refractivity contribution in [1.29, 1.82) is 0 Å². The Morgan fingerprint density at radius 1 is 0.966 bits per heavy atom. The van der Waals surface area contributed by atoms with E-state index in [9.17, 15) is 19.8 Å². The first-order valence-electron chi connectivity index (χ1n) is 9.51. The van der Waals surface area contributed by atoms with Gasteiger partial charge in [-0.3, -0.25) is 9.69 Å². The molecule has 7 heteroatoms. The van der Waals surface area contributed by atoms with E-state index in [1.165, 1.54) is 0 Å². The summed E-state index contributed by atoms with van der Waals surface area (Å²) in [4.78, 5) is 26.6. The van der Waals surface area contributed by atoms with E-state index in [0.29, 0.717) is 30.6 Å². The minimum atomic E-state index is -1.11. The number of thioether (sulfide) groups is 1. The first-order valence-corrected chi connectivity index (χ1v) is 10.7. The monoisotopic (exact) mass is 410 g/mol. The predicted molar refractivity (Wildman–Crippen MR) is 114 cm³/mol. The standard InChI is InChI=1S/C22H22N2O4S/c25-21(26)19(23-10-12-29-13-11-23)18-16-8-4-5-9-17(16)24(20(18)22(27)28)14-15-6-2-1-3-7-15/h1-9,19H,10-14H2,(H,25,26)(H,27,28). The van der Waals surface area contributed by atoms with Crippen LogP contribution in [0.2, 0.25) is 0 Å². The van der Waals surface area contributed by atoms with E-state index in [1.807, 2.05) is 59.5 Å². The van der Waals surface area contributed by atoms with Crippen LogP contribution in [0.1, 0.15) is 27.7 Å². The zero-order valence-corrected chi connectivity index (χ0v) is 16.6. The molecule has 4 rings (SSSR count). The number of aromatic carboxylic acids is 1. The lowest BCUT2D eigenvalue weighted by atomic mass is 10.0. The fourth-order valence-electron chi connectivity index (χ4n) is 4.07. The first kappa shape index (κ1) is 19.5. The summed E-state index contributed by atoms with van der Waals surface area (Å²) in [5.74, 6) is -0.435. The highest BCUT2D eigenvalue weighted by atomic mass is 32.2. The highest BCUT2D eigenvalue weighted by molar-refractivity contribution is 7.99. The number of carboxylic acid groups (broad SMARTS) is 2. The van der Waals surface area contributed by atoms with Gasteiger partial charge in [0.2, 0.25) is 0 Å². The van der Waals surface area contributed by atoms with Crippen LogP contribution in [-0.4, -0.2) is 56.2 Å². The second-order valence-electron chi connectivity index (χ2n) is 7.05. The molecule has 0 aliphatic carbocycles. The molecule has 1 atom stereocenters. The minimum Gasteiger partial charge on any atom is -0.480 e. The van der Waals surface area contributed by atoms with Crippen molar-refractivity contribution in [3.05, 3.63) is 71.4 Å². The molecule has 0 saturated carbocycles. The zero-order valence-electron chi connectivity index (χ0n) is 15.8. The fourth-order valence-corrected chi connectivity index (χ4v) is 5.00. The number of para-hydroxylation sites is 1. The minimum absolute atomic E-state index is 0.0562. The van der Waals surface area contributed by atoms with Crippen LogP contribution in [0.3, 0.4) is 0 Å². The number of carbonyl (C=O) groups is 2. The third kappa shape index (κ3) is 3.75. The SMILES string of the molecule is O=C(O)c1c(C(C(=O)O)N2CCSCC2)c2ccccc2n1Cc1ccccc1. The lowest BCUT2D eigenvalue weighted by Gasteiger charge is -2.32. The molecule has 29 heavy (non-hydrogen) atoms. The van der Waals surface area contributed by atoms with Gasteiger partial charge in [0.25, 0.3) is 0 Å². The van der Waals surface area contributed by atoms with Crippen molar-refractivity contribution in [2.75, 3.05) is 24.6 Å². The highest BCUT2D eigenvalue weighted by Gasteiger charge is 2.36. The quantitative estimate of drug-likeness (QED) is 0.647. The van der Waals surface area contributed by atoms with E-state index in [-0.39, 0.29) is 5.69 Å². The van der Waals surface area contributed by atoms with E-state index in [0.717, 1.165) is 22.6 Å². The summed E-state index contributed by atoms with van der Waals surface area (Å²) in [6.45, 7) is 1.61. The largest absolute Gasteiger partial charge is 0.480 e. The molecular formula is C22H22N2O4S. The van der Waals surface area contributed by atoms with Gasteiger partial charge in [0.05, 0.1) is 0 Å². The second-order valence-corrected chi connectivity index (χ2v) is 8.27. The summed E-state index contributed by atoms with van der Waals surface area (Å²) in [5, 5.41) is 20.9. The number of hydrogen-bond donors (Lipinski definition) is 2. The van der Waals surface area contributed by atoms with Gasteiger partial charge < -0.3 is 14.8 Å². The third-order valence-corrected chi connectivity index (χ3v) is 6.26. The molecule has 1 aliphatic heterocycles. The number of fused-ring (bicyclic) bond motifs is 1. The van der Waals surface area contributed by atoms with Crippen LogP contribution in [-0.2, 0) is 11.3 Å². The van der Waals surface area contributed by atoms with Gasteiger partial charge in [-0.2, -0.15) is 11.8 Å². The van der Waals surface area contributed by atoms with Crippen molar-refractivity contribution in [3.63, 3.8) is 0 Å². The molecule has 1 aliphatic rings. The predicted octanol–water partition coefficient (Wildman–Crippen LogP) is 3.56. The number of aliphatic carboxylic acids is 1. The Balaban J connectivity index is 1.94. The van der Waals surface area contributed by atoms with Crippen molar-refractivity contribution in [3.8, 4) is 0 Å². The molecule has 0 spiro atoms. The average molecular weight is 410 g/mol.